The zero-order chi connectivity index (χ0) is 15.9. The molecule has 1 atom stereocenters. The molecule has 1 aliphatic carbocycles. The second kappa shape index (κ2) is 8.18. The largest absolute Gasteiger partial charge is 0.465 e. The summed E-state index contributed by atoms with van der Waals surface area (Å²) in [6.07, 6.45) is 5.10. The number of amides is 1. The number of ether oxygens (including phenoxy) is 1. The Kier molecular flexibility index (Phi) is 6.25. The molecular weight excluding hydrogens is 302 g/mol. The Balaban J connectivity index is 2.10. The van der Waals surface area contributed by atoms with Crippen molar-refractivity contribution >= 4 is 29.2 Å². The van der Waals surface area contributed by atoms with Crippen LogP contribution in [0, 0.1) is 11.8 Å². The number of halogens is 1. The summed E-state index contributed by atoms with van der Waals surface area (Å²) in [5, 5.41) is 3.41. The second-order valence-electron chi connectivity index (χ2n) is 5.62. The van der Waals surface area contributed by atoms with E-state index in [1.807, 2.05) is 0 Å². The van der Waals surface area contributed by atoms with Gasteiger partial charge in [0, 0.05) is 10.7 Å². The van der Waals surface area contributed by atoms with Crippen molar-refractivity contribution in [2.45, 2.75) is 39.0 Å². The lowest BCUT2D eigenvalue weighted by atomic mass is 9.79. The highest BCUT2D eigenvalue weighted by molar-refractivity contribution is 6.30. The van der Waals surface area contributed by atoms with Crippen LogP contribution in [-0.4, -0.2) is 18.5 Å². The lowest BCUT2D eigenvalue weighted by Crippen LogP contribution is -2.37. The van der Waals surface area contributed by atoms with Gasteiger partial charge in [-0.05, 0) is 49.9 Å². The molecule has 0 saturated heterocycles. The number of hydrogen-bond donors (Lipinski definition) is 1. The van der Waals surface area contributed by atoms with Crippen molar-refractivity contribution in [3.63, 3.8) is 0 Å². The molecule has 0 bridgehead atoms. The van der Waals surface area contributed by atoms with Gasteiger partial charge >= 0.3 is 5.97 Å². The van der Waals surface area contributed by atoms with Crippen LogP contribution in [0.3, 0.4) is 0 Å². The van der Waals surface area contributed by atoms with Crippen molar-refractivity contribution in [1.82, 2.24) is 0 Å². The zero-order valence-corrected chi connectivity index (χ0v) is 13.6. The first-order chi connectivity index (χ1) is 10.6. The third kappa shape index (κ3) is 4.47. The van der Waals surface area contributed by atoms with Crippen LogP contribution in [0.5, 0.6) is 0 Å². The Labute approximate surface area is 136 Å². The molecule has 1 aromatic rings. The second-order valence-corrected chi connectivity index (χ2v) is 6.06. The summed E-state index contributed by atoms with van der Waals surface area (Å²) in [6.45, 7) is 2.04. The molecule has 1 fully saturated rings. The standard InChI is InChI=1S/C17H22ClNO3/c1-2-22-17(21)15(12-6-4-3-5-7-12)16(20)19-14-10-8-13(18)9-11-14/h8-12,15H,2-7H2,1H3,(H,19,20)/t15-/m0/s1. The lowest BCUT2D eigenvalue weighted by Gasteiger charge is -2.27. The molecule has 22 heavy (non-hydrogen) atoms. The number of benzene rings is 1. The number of hydrogen-bond acceptors (Lipinski definition) is 3. The first kappa shape index (κ1) is 16.8. The fourth-order valence-electron chi connectivity index (χ4n) is 2.97. The first-order valence-electron chi connectivity index (χ1n) is 7.85. The molecule has 0 unspecified atom stereocenters. The van der Waals surface area contributed by atoms with E-state index in [2.05, 4.69) is 5.32 Å². The van der Waals surface area contributed by atoms with Crippen molar-refractivity contribution in [2.24, 2.45) is 11.8 Å². The van der Waals surface area contributed by atoms with Gasteiger partial charge in [0.1, 0.15) is 5.92 Å². The highest BCUT2D eigenvalue weighted by atomic mass is 35.5. The molecule has 1 aromatic carbocycles. The zero-order valence-electron chi connectivity index (χ0n) is 12.8. The van der Waals surface area contributed by atoms with Crippen LogP contribution in [-0.2, 0) is 14.3 Å². The van der Waals surface area contributed by atoms with E-state index in [1.54, 1.807) is 31.2 Å². The van der Waals surface area contributed by atoms with E-state index in [0.29, 0.717) is 10.7 Å². The maximum Gasteiger partial charge on any atom is 0.318 e. The van der Waals surface area contributed by atoms with Crippen LogP contribution in [0.25, 0.3) is 0 Å². The van der Waals surface area contributed by atoms with E-state index >= 15 is 0 Å². The van der Waals surface area contributed by atoms with Gasteiger partial charge in [-0.1, -0.05) is 30.9 Å². The van der Waals surface area contributed by atoms with Crippen LogP contribution in [0.15, 0.2) is 24.3 Å². The molecular formula is C17H22ClNO3. The number of rotatable bonds is 5. The predicted octanol–water partition coefficient (Wildman–Crippen LogP) is 4.04. The molecule has 1 N–H and O–H groups in total. The monoisotopic (exact) mass is 323 g/mol. The molecule has 4 nitrogen and oxygen atoms in total. The summed E-state index contributed by atoms with van der Waals surface area (Å²) < 4.78 is 5.11. The molecule has 2 rings (SSSR count). The van der Waals surface area contributed by atoms with Crippen LogP contribution >= 0.6 is 11.6 Å². The Morgan fingerprint density at radius 3 is 2.45 bits per heavy atom. The third-order valence-corrected chi connectivity index (χ3v) is 4.31. The molecule has 1 saturated carbocycles. The van der Waals surface area contributed by atoms with Crippen molar-refractivity contribution in [3.8, 4) is 0 Å². The summed E-state index contributed by atoms with van der Waals surface area (Å²) in [6, 6.07) is 6.86. The minimum Gasteiger partial charge on any atom is -0.465 e. The van der Waals surface area contributed by atoms with E-state index in [9.17, 15) is 9.59 Å². The van der Waals surface area contributed by atoms with Gasteiger partial charge in [0.2, 0.25) is 5.91 Å². The van der Waals surface area contributed by atoms with Crippen LogP contribution < -0.4 is 5.32 Å². The number of anilines is 1. The van der Waals surface area contributed by atoms with Gasteiger partial charge < -0.3 is 10.1 Å². The average Bonchev–Trinajstić information content (AvgIpc) is 2.51. The number of carbonyl (C=O) groups excluding carboxylic acids is 2. The SMILES string of the molecule is CCOC(=O)[C@H](C(=O)Nc1ccc(Cl)cc1)C1CCCCC1. The molecule has 1 amide bonds. The van der Waals surface area contributed by atoms with Crippen molar-refractivity contribution in [3.05, 3.63) is 29.3 Å². The summed E-state index contributed by atoms with van der Waals surface area (Å²) in [5.74, 6) is -1.36. The van der Waals surface area contributed by atoms with Gasteiger partial charge in [-0.25, -0.2) is 0 Å². The van der Waals surface area contributed by atoms with Crippen LogP contribution in [0.4, 0.5) is 5.69 Å². The molecule has 1 aliphatic rings. The fourth-order valence-corrected chi connectivity index (χ4v) is 3.09. The molecule has 0 aliphatic heterocycles. The van der Waals surface area contributed by atoms with Gasteiger partial charge in [0.25, 0.3) is 0 Å². The van der Waals surface area contributed by atoms with Gasteiger partial charge in [0.15, 0.2) is 0 Å². The number of carbonyl (C=O) groups is 2. The first-order valence-corrected chi connectivity index (χ1v) is 8.22. The van der Waals surface area contributed by atoms with Crippen molar-refractivity contribution < 1.29 is 14.3 Å². The highest BCUT2D eigenvalue weighted by Crippen LogP contribution is 2.31. The van der Waals surface area contributed by atoms with Gasteiger partial charge in [-0.3, -0.25) is 9.59 Å². The molecule has 120 valence electrons. The Morgan fingerprint density at radius 2 is 1.86 bits per heavy atom. The Bertz CT molecular complexity index is 509. The maximum absolute atomic E-state index is 12.6. The minimum atomic E-state index is -0.726. The van der Waals surface area contributed by atoms with E-state index in [4.69, 9.17) is 16.3 Å². The van der Waals surface area contributed by atoms with Gasteiger partial charge in [-0.2, -0.15) is 0 Å². The van der Waals surface area contributed by atoms with E-state index < -0.39 is 11.9 Å². The van der Waals surface area contributed by atoms with Crippen LogP contribution in [0.2, 0.25) is 5.02 Å². The molecule has 0 radical (unpaired) electrons. The summed E-state index contributed by atoms with van der Waals surface area (Å²) in [7, 11) is 0. The maximum atomic E-state index is 12.6. The number of esters is 1. The third-order valence-electron chi connectivity index (χ3n) is 4.06. The number of nitrogens with one attached hydrogen (secondary N) is 1. The topological polar surface area (TPSA) is 55.4 Å². The van der Waals surface area contributed by atoms with Gasteiger partial charge in [0.05, 0.1) is 6.61 Å². The predicted molar refractivity (Wildman–Crippen MR) is 86.8 cm³/mol. The summed E-state index contributed by atoms with van der Waals surface area (Å²) in [5.41, 5.74) is 0.638. The van der Waals surface area contributed by atoms with Gasteiger partial charge in [-0.15, -0.1) is 0 Å². The van der Waals surface area contributed by atoms with E-state index in [0.717, 1.165) is 25.7 Å². The highest BCUT2D eigenvalue weighted by Gasteiger charge is 2.36. The Morgan fingerprint density at radius 1 is 1.23 bits per heavy atom. The smallest absolute Gasteiger partial charge is 0.318 e. The summed E-state index contributed by atoms with van der Waals surface area (Å²) in [4.78, 5) is 24.8. The Hall–Kier alpha value is -1.55. The molecule has 0 heterocycles. The lowest BCUT2D eigenvalue weighted by molar-refractivity contribution is -0.153. The van der Waals surface area contributed by atoms with Crippen LogP contribution in [0.1, 0.15) is 39.0 Å². The van der Waals surface area contributed by atoms with Crippen molar-refractivity contribution in [2.75, 3.05) is 11.9 Å². The molecule has 5 heteroatoms. The van der Waals surface area contributed by atoms with Crippen molar-refractivity contribution in [1.29, 1.82) is 0 Å². The fraction of sp³-hybridized carbons (Fsp3) is 0.529. The summed E-state index contributed by atoms with van der Waals surface area (Å²) >= 11 is 5.84. The normalized spacial score (nSPS) is 16.8. The minimum absolute atomic E-state index is 0.0695. The van der Waals surface area contributed by atoms with E-state index in [1.165, 1.54) is 6.42 Å². The molecule has 0 aromatic heterocycles. The average molecular weight is 324 g/mol. The molecule has 0 spiro atoms. The van der Waals surface area contributed by atoms with E-state index in [-0.39, 0.29) is 18.4 Å². The quantitative estimate of drug-likeness (QED) is 0.657.